The number of rotatable bonds is 8. The van der Waals surface area contributed by atoms with E-state index in [1.165, 1.54) is 11.3 Å². The van der Waals surface area contributed by atoms with Crippen LogP contribution in [-0.4, -0.2) is 73.8 Å². The van der Waals surface area contributed by atoms with Crippen LogP contribution in [0.2, 0.25) is 0 Å². The number of carbonyl (C=O) groups is 3. The van der Waals surface area contributed by atoms with Crippen molar-refractivity contribution < 1.29 is 32.4 Å². The Morgan fingerprint density at radius 1 is 1.08 bits per heavy atom. The first-order valence-electron chi connectivity index (χ1n) is 12.5. The summed E-state index contributed by atoms with van der Waals surface area (Å²) in [5.41, 5.74) is 3.40. The molecule has 0 bridgehead atoms. The van der Waals surface area contributed by atoms with E-state index in [1.54, 1.807) is 0 Å². The second-order valence-corrected chi connectivity index (χ2v) is 10.1. The maximum absolute atomic E-state index is 12.7. The van der Waals surface area contributed by atoms with Crippen LogP contribution >= 0.6 is 11.3 Å². The van der Waals surface area contributed by atoms with Crippen LogP contribution in [0.5, 0.6) is 0 Å². The molecular weight excluding hydrogens is 544 g/mol. The fraction of sp³-hybridized carbons (Fsp3) is 0.385. The number of benzene rings is 2. The number of ether oxygens (including phenoxy) is 1. The first-order chi connectivity index (χ1) is 18.7. The first kappa shape index (κ1) is 30.3. The Morgan fingerprint density at radius 3 is 2.33 bits per heavy atom. The van der Waals surface area contributed by atoms with E-state index in [4.69, 9.17) is 18.1 Å². The Morgan fingerprint density at radius 2 is 1.72 bits per heavy atom. The van der Waals surface area contributed by atoms with Gasteiger partial charge in [0.05, 0.1) is 23.4 Å². The normalized spacial score (nSPS) is 13.9. The van der Waals surface area contributed by atoms with Crippen LogP contribution in [0.15, 0.2) is 42.5 Å². The van der Waals surface area contributed by atoms with Crippen molar-refractivity contribution in [2.45, 2.75) is 32.7 Å². The van der Waals surface area contributed by atoms with Crippen molar-refractivity contribution in [1.82, 2.24) is 20.5 Å². The minimum atomic E-state index is -2.61. The van der Waals surface area contributed by atoms with Gasteiger partial charge in [0, 0.05) is 31.6 Å². The van der Waals surface area contributed by atoms with Crippen molar-refractivity contribution in [3.63, 3.8) is 0 Å². The van der Waals surface area contributed by atoms with E-state index in [1.807, 2.05) is 61.2 Å². The zero-order valence-electron chi connectivity index (χ0n) is 21.7. The number of hydrogen-bond donors (Lipinski definition) is 4. The smallest absolute Gasteiger partial charge is 0.299 e. The highest BCUT2D eigenvalue weighted by Crippen LogP contribution is 2.31. The van der Waals surface area contributed by atoms with E-state index in [0.717, 1.165) is 21.3 Å². The fourth-order valence-corrected chi connectivity index (χ4v) is 5.03. The van der Waals surface area contributed by atoms with Crippen molar-refractivity contribution >= 4 is 50.6 Å². The Balaban J connectivity index is 0.000000983. The van der Waals surface area contributed by atoms with Crippen molar-refractivity contribution in [3.05, 3.63) is 53.0 Å². The predicted octanol–water partition coefficient (Wildman–Crippen LogP) is 3.21. The number of hydrogen-bond acceptors (Lipinski definition) is 7. The van der Waals surface area contributed by atoms with Crippen LogP contribution in [0, 0.1) is 0 Å². The average Bonchev–Trinajstić information content (AvgIpc) is 3.35. The monoisotopic (exact) mass is 576 g/mol. The summed E-state index contributed by atoms with van der Waals surface area (Å²) in [7, 11) is 0. The van der Waals surface area contributed by atoms with Gasteiger partial charge in [-0.25, -0.2) is 4.98 Å². The molecule has 11 nitrogen and oxygen atoms in total. The molecule has 1 saturated heterocycles. The molecular formula is C26H32N4O7S2. The SMILES string of the molecule is CCCC(=O)NC(C(=O)NCC)c1nc2ccc(-c3ccc(C(=O)N4CCOCC4)cc3)cc2s1.O=S(O)O. The minimum absolute atomic E-state index is 0.0175. The van der Waals surface area contributed by atoms with Gasteiger partial charge in [0.1, 0.15) is 5.01 Å². The van der Waals surface area contributed by atoms with Crippen molar-refractivity contribution in [3.8, 4) is 11.1 Å². The molecule has 0 aliphatic carbocycles. The summed E-state index contributed by atoms with van der Waals surface area (Å²) in [4.78, 5) is 44.0. The third kappa shape index (κ3) is 8.63. The van der Waals surface area contributed by atoms with Gasteiger partial charge in [0.15, 0.2) is 6.04 Å². The quantitative estimate of drug-likeness (QED) is 0.298. The van der Waals surface area contributed by atoms with Gasteiger partial charge in [-0.3, -0.25) is 23.5 Å². The molecule has 3 aromatic rings. The van der Waals surface area contributed by atoms with E-state index in [2.05, 4.69) is 15.6 Å². The van der Waals surface area contributed by atoms with Crippen LogP contribution in [0.3, 0.4) is 0 Å². The Hall–Kier alpha value is -3.23. The van der Waals surface area contributed by atoms with Gasteiger partial charge in [0.25, 0.3) is 17.3 Å². The summed E-state index contributed by atoms with van der Waals surface area (Å²) >= 11 is -1.22. The molecule has 1 aliphatic rings. The van der Waals surface area contributed by atoms with Crippen LogP contribution < -0.4 is 10.6 Å². The third-order valence-corrected chi connectivity index (χ3v) is 6.89. The summed E-state index contributed by atoms with van der Waals surface area (Å²) in [6.45, 7) is 6.60. The van der Waals surface area contributed by atoms with Crippen LogP contribution in [0.25, 0.3) is 21.3 Å². The number of nitrogens with one attached hydrogen (secondary N) is 2. The van der Waals surface area contributed by atoms with Gasteiger partial charge in [-0.15, -0.1) is 11.3 Å². The summed E-state index contributed by atoms with van der Waals surface area (Å²) in [5.74, 6) is -0.420. The average molecular weight is 577 g/mol. The van der Waals surface area contributed by atoms with Gasteiger partial charge in [-0.05, 0) is 48.7 Å². The summed E-state index contributed by atoms with van der Waals surface area (Å²) in [6, 6.07) is 12.7. The van der Waals surface area contributed by atoms with E-state index in [0.29, 0.717) is 56.3 Å². The van der Waals surface area contributed by atoms with Crippen LogP contribution in [0.1, 0.15) is 48.1 Å². The largest absolute Gasteiger partial charge is 0.378 e. The van der Waals surface area contributed by atoms with Gasteiger partial charge >= 0.3 is 0 Å². The van der Waals surface area contributed by atoms with Gasteiger partial charge in [-0.2, -0.15) is 4.21 Å². The number of likely N-dealkylation sites (N-methyl/N-ethyl adjacent to an activating group) is 1. The molecule has 210 valence electrons. The summed E-state index contributed by atoms with van der Waals surface area (Å²) < 4.78 is 29.1. The Kier molecular flexibility index (Phi) is 11.5. The number of nitrogens with zero attached hydrogens (tertiary/aromatic N) is 2. The van der Waals surface area contributed by atoms with Gasteiger partial charge in [-0.1, -0.05) is 25.1 Å². The number of amides is 3. The lowest BCUT2D eigenvalue weighted by Crippen LogP contribution is -2.40. The highest BCUT2D eigenvalue weighted by atomic mass is 32.2. The molecule has 1 unspecified atom stereocenters. The lowest BCUT2D eigenvalue weighted by molar-refractivity contribution is -0.129. The number of fused-ring (bicyclic) bond motifs is 1. The highest BCUT2D eigenvalue weighted by Gasteiger charge is 2.26. The summed E-state index contributed by atoms with van der Waals surface area (Å²) in [5, 5.41) is 6.16. The first-order valence-corrected chi connectivity index (χ1v) is 14.4. The molecule has 3 amide bonds. The second-order valence-electron chi connectivity index (χ2n) is 8.59. The molecule has 0 saturated carbocycles. The van der Waals surface area contributed by atoms with E-state index in [-0.39, 0.29) is 17.7 Å². The maximum atomic E-state index is 12.7. The fourth-order valence-electron chi connectivity index (χ4n) is 3.98. The zero-order valence-corrected chi connectivity index (χ0v) is 23.3. The van der Waals surface area contributed by atoms with Crippen molar-refractivity contribution in [2.24, 2.45) is 0 Å². The number of thiazole rings is 1. The molecule has 13 heteroatoms. The predicted molar refractivity (Wildman–Crippen MR) is 150 cm³/mol. The van der Waals surface area contributed by atoms with E-state index in [9.17, 15) is 14.4 Å². The van der Waals surface area contributed by atoms with E-state index >= 15 is 0 Å². The third-order valence-electron chi connectivity index (χ3n) is 5.81. The molecule has 1 aromatic heterocycles. The maximum Gasteiger partial charge on any atom is 0.299 e. The molecule has 4 rings (SSSR count). The molecule has 0 spiro atoms. The number of morpholine rings is 1. The van der Waals surface area contributed by atoms with Crippen molar-refractivity contribution in [1.29, 1.82) is 0 Å². The summed E-state index contributed by atoms with van der Waals surface area (Å²) in [6.07, 6.45) is 1.06. The molecule has 0 radical (unpaired) electrons. The van der Waals surface area contributed by atoms with Gasteiger partial charge in [0.2, 0.25) is 11.8 Å². The second kappa shape index (κ2) is 14.8. The van der Waals surface area contributed by atoms with Crippen LogP contribution in [-0.2, 0) is 25.7 Å². The highest BCUT2D eigenvalue weighted by molar-refractivity contribution is 7.73. The van der Waals surface area contributed by atoms with Gasteiger partial charge < -0.3 is 20.3 Å². The van der Waals surface area contributed by atoms with Crippen molar-refractivity contribution in [2.75, 3.05) is 32.8 Å². The molecule has 2 aromatic carbocycles. The molecule has 2 heterocycles. The topological polar surface area (TPSA) is 158 Å². The minimum Gasteiger partial charge on any atom is -0.378 e. The molecule has 1 fully saturated rings. The Labute approximate surface area is 233 Å². The van der Waals surface area contributed by atoms with Crippen LogP contribution in [0.4, 0.5) is 0 Å². The molecule has 1 aliphatic heterocycles. The number of aromatic nitrogens is 1. The zero-order chi connectivity index (χ0) is 28.4. The molecule has 39 heavy (non-hydrogen) atoms. The lowest BCUT2D eigenvalue weighted by Gasteiger charge is -2.26. The Bertz CT molecular complexity index is 1300. The van der Waals surface area contributed by atoms with E-state index < -0.39 is 17.4 Å². The standard InChI is InChI=1S/C26H30N4O4S.H2O3S/c1-3-5-22(31)29-23(24(32)27-4-2)25-28-20-11-10-19(16-21(20)35-25)17-6-8-18(9-7-17)26(33)30-12-14-34-15-13-30;1-4(2)3/h6-11,16,23H,3-5,12-15H2,1-2H3,(H,27,32)(H,29,31);(H2,1,2,3). The number of carbonyl (C=O) groups excluding carboxylic acids is 3. The molecule has 4 N–H and O–H groups in total. The molecule has 1 atom stereocenters. The lowest BCUT2D eigenvalue weighted by atomic mass is 10.0.